The summed E-state index contributed by atoms with van der Waals surface area (Å²) in [4.78, 5) is 17.2. The largest absolute Gasteiger partial charge is 0.340 e. The van der Waals surface area contributed by atoms with E-state index in [0.29, 0.717) is 24.3 Å². The number of hydrogen-bond acceptors (Lipinski definition) is 3. The highest BCUT2D eigenvalue weighted by Gasteiger charge is 2.32. The van der Waals surface area contributed by atoms with Gasteiger partial charge in [0.25, 0.3) is 0 Å². The number of piperidine rings is 1. The van der Waals surface area contributed by atoms with Crippen LogP contribution in [0.1, 0.15) is 51.4 Å². The third-order valence-electron chi connectivity index (χ3n) is 5.59. The molecule has 0 aromatic heterocycles. The zero-order valence-corrected chi connectivity index (χ0v) is 12.6. The minimum atomic E-state index is 0.253. The molecule has 0 aromatic carbocycles. The van der Waals surface area contributed by atoms with Crippen LogP contribution in [0.2, 0.25) is 0 Å². The minimum Gasteiger partial charge on any atom is -0.340 e. The summed E-state index contributed by atoms with van der Waals surface area (Å²) < 4.78 is 0. The van der Waals surface area contributed by atoms with Gasteiger partial charge in [-0.25, -0.2) is 0 Å². The fraction of sp³-hybridized carbons (Fsp3) is 0.938. The van der Waals surface area contributed by atoms with Crippen molar-refractivity contribution in [3.05, 3.63) is 0 Å². The van der Waals surface area contributed by atoms with Crippen LogP contribution in [-0.4, -0.2) is 54.0 Å². The molecule has 0 bridgehead atoms. The summed E-state index contributed by atoms with van der Waals surface area (Å²) in [6, 6.07) is 0.880. The van der Waals surface area contributed by atoms with Gasteiger partial charge in [0.15, 0.2) is 0 Å². The van der Waals surface area contributed by atoms with Crippen LogP contribution < -0.4 is 5.73 Å². The van der Waals surface area contributed by atoms with Gasteiger partial charge < -0.3 is 10.6 Å². The van der Waals surface area contributed by atoms with Crippen molar-refractivity contribution in [1.29, 1.82) is 0 Å². The Morgan fingerprint density at radius 2 is 1.80 bits per heavy atom. The van der Waals surface area contributed by atoms with E-state index in [2.05, 4.69) is 9.80 Å². The van der Waals surface area contributed by atoms with E-state index in [-0.39, 0.29) is 6.04 Å². The molecule has 0 radical (unpaired) electrons. The molecule has 0 aromatic rings. The van der Waals surface area contributed by atoms with E-state index in [4.69, 9.17) is 5.73 Å². The number of amides is 1. The molecule has 1 aliphatic carbocycles. The molecule has 20 heavy (non-hydrogen) atoms. The zero-order valence-electron chi connectivity index (χ0n) is 12.6. The lowest BCUT2D eigenvalue weighted by atomic mass is 9.82. The SMILES string of the molecule is NC1CCCCC1CC(=O)N1CCN2CCCCC2C1. The van der Waals surface area contributed by atoms with E-state index in [1.54, 1.807) is 0 Å². The number of fused-ring (bicyclic) bond motifs is 1. The van der Waals surface area contributed by atoms with Crippen LogP contribution >= 0.6 is 0 Å². The Morgan fingerprint density at radius 3 is 2.65 bits per heavy atom. The minimum absolute atomic E-state index is 0.253. The lowest BCUT2D eigenvalue weighted by molar-refractivity contribution is -0.136. The van der Waals surface area contributed by atoms with Crippen LogP contribution in [-0.2, 0) is 4.79 Å². The van der Waals surface area contributed by atoms with Gasteiger partial charge in [-0.1, -0.05) is 19.3 Å². The first-order valence-corrected chi connectivity index (χ1v) is 8.51. The van der Waals surface area contributed by atoms with Gasteiger partial charge >= 0.3 is 0 Å². The van der Waals surface area contributed by atoms with Crippen LogP contribution in [0.15, 0.2) is 0 Å². The molecule has 1 amide bonds. The molecular formula is C16H29N3O. The first-order valence-electron chi connectivity index (χ1n) is 8.51. The second-order valence-corrected chi connectivity index (χ2v) is 6.94. The Balaban J connectivity index is 1.52. The summed E-state index contributed by atoms with van der Waals surface area (Å²) in [5.74, 6) is 0.790. The van der Waals surface area contributed by atoms with Crippen LogP contribution in [0.25, 0.3) is 0 Å². The van der Waals surface area contributed by atoms with E-state index in [1.165, 1.54) is 38.6 Å². The summed E-state index contributed by atoms with van der Waals surface area (Å²) in [6.45, 7) is 4.20. The molecule has 1 saturated carbocycles. The number of nitrogens with two attached hydrogens (primary N) is 1. The predicted octanol–water partition coefficient (Wildman–Crippen LogP) is 1.59. The molecule has 2 saturated heterocycles. The first kappa shape index (κ1) is 14.3. The van der Waals surface area contributed by atoms with Gasteiger partial charge in [-0.05, 0) is 38.1 Å². The van der Waals surface area contributed by atoms with Crippen LogP contribution in [0.4, 0.5) is 0 Å². The first-order chi connectivity index (χ1) is 9.74. The highest BCUT2D eigenvalue weighted by Crippen LogP contribution is 2.27. The van der Waals surface area contributed by atoms with Gasteiger partial charge in [-0.3, -0.25) is 9.69 Å². The van der Waals surface area contributed by atoms with Gasteiger partial charge in [-0.15, -0.1) is 0 Å². The second kappa shape index (κ2) is 6.44. The van der Waals surface area contributed by atoms with Gasteiger partial charge in [0.1, 0.15) is 0 Å². The maximum atomic E-state index is 12.5. The van der Waals surface area contributed by atoms with Crippen molar-refractivity contribution in [2.75, 3.05) is 26.2 Å². The van der Waals surface area contributed by atoms with Crippen molar-refractivity contribution < 1.29 is 4.79 Å². The lowest BCUT2D eigenvalue weighted by Gasteiger charge is -2.44. The average Bonchev–Trinajstić information content (AvgIpc) is 2.49. The summed E-state index contributed by atoms with van der Waals surface area (Å²) >= 11 is 0. The van der Waals surface area contributed by atoms with Crippen molar-refractivity contribution in [1.82, 2.24) is 9.80 Å². The molecule has 3 aliphatic rings. The lowest BCUT2D eigenvalue weighted by Crippen LogP contribution is -2.56. The Bertz CT molecular complexity index is 347. The zero-order chi connectivity index (χ0) is 13.9. The fourth-order valence-electron chi connectivity index (χ4n) is 4.23. The van der Waals surface area contributed by atoms with Crippen molar-refractivity contribution in [3.8, 4) is 0 Å². The Kier molecular flexibility index (Phi) is 4.61. The van der Waals surface area contributed by atoms with Gasteiger partial charge in [0.2, 0.25) is 5.91 Å². The maximum Gasteiger partial charge on any atom is 0.223 e. The standard InChI is InChI=1S/C16H29N3O/c17-15-7-2-1-5-13(15)11-16(20)19-10-9-18-8-4-3-6-14(18)12-19/h13-15H,1-12,17H2. The summed E-state index contributed by atoms with van der Waals surface area (Å²) in [6.07, 6.45) is 9.37. The molecule has 2 heterocycles. The van der Waals surface area contributed by atoms with E-state index >= 15 is 0 Å². The molecule has 4 heteroatoms. The predicted molar refractivity (Wildman–Crippen MR) is 80.3 cm³/mol. The fourth-order valence-corrected chi connectivity index (χ4v) is 4.23. The van der Waals surface area contributed by atoms with Crippen molar-refractivity contribution in [3.63, 3.8) is 0 Å². The maximum absolute atomic E-state index is 12.5. The topological polar surface area (TPSA) is 49.6 Å². The van der Waals surface area contributed by atoms with Gasteiger partial charge in [-0.2, -0.15) is 0 Å². The highest BCUT2D eigenvalue weighted by atomic mass is 16.2. The Labute approximate surface area is 122 Å². The summed E-state index contributed by atoms with van der Waals surface area (Å²) in [5.41, 5.74) is 6.18. The van der Waals surface area contributed by atoms with E-state index in [0.717, 1.165) is 32.5 Å². The number of carbonyl (C=O) groups excluding carboxylic acids is 1. The Morgan fingerprint density at radius 1 is 1.00 bits per heavy atom. The van der Waals surface area contributed by atoms with Crippen molar-refractivity contribution >= 4 is 5.91 Å². The van der Waals surface area contributed by atoms with Crippen molar-refractivity contribution in [2.24, 2.45) is 11.7 Å². The van der Waals surface area contributed by atoms with Gasteiger partial charge in [0.05, 0.1) is 0 Å². The smallest absolute Gasteiger partial charge is 0.223 e. The molecule has 3 fully saturated rings. The molecule has 2 N–H and O–H groups in total. The normalized spacial score (nSPS) is 35.6. The van der Waals surface area contributed by atoms with Crippen LogP contribution in [0.5, 0.6) is 0 Å². The van der Waals surface area contributed by atoms with Crippen LogP contribution in [0, 0.1) is 5.92 Å². The number of rotatable bonds is 2. The third-order valence-corrected chi connectivity index (χ3v) is 5.59. The monoisotopic (exact) mass is 279 g/mol. The second-order valence-electron chi connectivity index (χ2n) is 6.94. The van der Waals surface area contributed by atoms with E-state index < -0.39 is 0 Å². The van der Waals surface area contributed by atoms with E-state index in [9.17, 15) is 4.79 Å². The molecule has 4 nitrogen and oxygen atoms in total. The number of hydrogen-bond donors (Lipinski definition) is 1. The third kappa shape index (κ3) is 3.17. The molecule has 2 aliphatic heterocycles. The summed E-state index contributed by atoms with van der Waals surface area (Å²) in [7, 11) is 0. The Hall–Kier alpha value is -0.610. The molecule has 3 atom stereocenters. The number of piperazine rings is 1. The van der Waals surface area contributed by atoms with E-state index in [1.807, 2.05) is 0 Å². The average molecular weight is 279 g/mol. The molecule has 3 rings (SSSR count). The summed E-state index contributed by atoms with van der Waals surface area (Å²) in [5, 5.41) is 0. The highest BCUT2D eigenvalue weighted by molar-refractivity contribution is 5.76. The molecular weight excluding hydrogens is 250 g/mol. The number of carbonyl (C=O) groups is 1. The molecule has 114 valence electrons. The number of nitrogens with zero attached hydrogens (tertiary/aromatic N) is 2. The van der Waals surface area contributed by atoms with Crippen LogP contribution in [0.3, 0.4) is 0 Å². The molecule has 0 spiro atoms. The van der Waals surface area contributed by atoms with Gasteiger partial charge in [0, 0.05) is 38.1 Å². The quantitative estimate of drug-likeness (QED) is 0.835. The molecule has 3 unspecified atom stereocenters. The van der Waals surface area contributed by atoms with Crippen molar-refractivity contribution in [2.45, 2.75) is 63.5 Å².